The fraction of sp³-hybridized carbons (Fsp3) is 0.320. The van der Waals surface area contributed by atoms with Crippen LogP contribution in [0.1, 0.15) is 37.8 Å². The van der Waals surface area contributed by atoms with Crippen LogP contribution in [-0.4, -0.2) is 40.9 Å². The van der Waals surface area contributed by atoms with E-state index < -0.39 is 0 Å². The number of nitrogens with zero attached hydrogens (tertiary/aromatic N) is 1. The van der Waals surface area contributed by atoms with Crippen molar-refractivity contribution in [3.63, 3.8) is 0 Å². The summed E-state index contributed by atoms with van der Waals surface area (Å²) in [7, 11) is 0. The molecule has 1 amide bonds. The molecule has 2 aromatic rings. The van der Waals surface area contributed by atoms with Gasteiger partial charge in [0.15, 0.2) is 11.5 Å². The highest BCUT2D eigenvalue weighted by Crippen LogP contribution is 2.35. The van der Waals surface area contributed by atoms with Crippen LogP contribution in [0.2, 0.25) is 0 Å². The molecular weight excluding hydrogens is 458 g/mol. The van der Waals surface area contributed by atoms with Gasteiger partial charge < -0.3 is 14.2 Å². The van der Waals surface area contributed by atoms with Gasteiger partial charge in [-0.3, -0.25) is 14.5 Å². The van der Waals surface area contributed by atoms with Crippen molar-refractivity contribution in [1.82, 2.24) is 4.90 Å². The highest BCUT2D eigenvalue weighted by molar-refractivity contribution is 8.26. The third-order valence-corrected chi connectivity index (χ3v) is 6.06. The molecule has 8 heteroatoms. The van der Waals surface area contributed by atoms with E-state index in [1.807, 2.05) is 62.4 Å². The van der Waals surface area contributed by atoms with Gasteiger partial charge in [0.2, 0.25) is 0 Å². The smallest absolute Gasteiger partial charge is 0.307 e. The topological polar surface area (TPSA) is 65.1 Å². The number of ether oxygens (including phenoxy) is 3. The van der Waals surface area contributed by atoms with Crippen molar-refractivity contribution >= 4 is 46.3 Å². The van der Waals surface area contributed by atoms with Gasteiger partial charge in [-0.2, -0.15) is 0 Å². The molecule has 1 aliphatic heterocycles. The van der Waals surface area contributed by atoms with Crippen molar-refractivity contribution in [2.75, 3.05) is 19.8 Å². The molecule has 0 N–H and O–H groups in total. The first-order valence-electron chi connectivity index (χ1n) is 10.9. The largest absolute Gasteiger partial charge is 0.490 e. The minimum atomic E-state index is -0.331. The summed E-state index contributed by atoms with van der Waals surface area (Å²) < 4.78 is 17.2. The number of carbonyl (C=O) groups is 2. The Morgan fingerprint density at radius 2 is 1.88 bits per heavy atom. The maximum Gasteiger partial charge on any atom is 0.307 e. The molecule has 1 saturated heterocycles. The number of benzene rings is 2. The second kappa shape index (κ2) is 12.4. The molecule has 0 unspecified atom stereocenters. The fourth-order valence-electron chi connectivity index (χ4n) is 3.07. The number of rotatable bonds is 11. The van der Waals surface area contributed by atoms with Crippen molar-refractivity contribution in [3.05, 3.63) is 64.6 Å². The predicted octanol–water partition coefficient (Wildman–Crippen LogP) is 5.21. The fourth-order valence-corrected chi connectivity index (χ4v) is 4.38. The summed E-state index contributed by atoms with van der Waals surface area (Å²) >= 11 is 6.57. The van der Waals surface area contributed by atoms with E-state index in [1.54, 1.807) is 6.08 Å². The highest BCUT2D eigenvalue weighted by atomic mass is 32.2. The van der Waals surface area contributed by atoms with Gasteiger partial charge in [0.05, 0.1) is 24.5 Å². The van der Waals surface area contributed by atoms with Crippen LogP contribution in [0.15, 0.2) is 53.4 Å². The number of esters is 1. The molecule has 0 spiro atoms. The summed E-state index contributed by atoms with van der Waals surface area (Å²) in [6.07, 6.45) is 2.65. The highest BCUT2D eigenvalue weighted by Gasteiger charge is 2.32. The Bertz CT molecular complexity index is 1020. The Hall–Kier alpha value is -2.84. The molecule has 0 atom stereocenters. The van der Waals surface area contributed by atoms with Crippen molar-refractivity contribution in [3.8, 4) is 11.5 Å². The summed E-state index contributed by atoms with van der Waals surface area (Å²) in [5.74, 6) is 0.699. The lowest BCUT2D eigenvalue weighted by atomic mass is 10.1. The molecule has 1 heterocycles. The summed E-state index contributed by atoms with van der Waals surface area (Å²) in [6, 6.07) is 15.5. The minimum Gasteiger partial charge on any atom is -0.490 e. The number of carbonyl (C=O) groups excluding carboxylic acids is 2. The van der Waals surface area contributed by atoms with E-state index in [2.05, 4.69) is 0 Å². The SMILES string of the molecule is CCCOC(=O)CCN1C(=O)/C(=C/c2ccc(OCc3ccccc3)c(OCC)c2)SC1=S. The molecule has 1 aliphatic rings. The monoisotopic (exact) mass is 485 g/mol. The van der Waals surface area contributed by atoms with E-state index in [9.17, 15) is 9.59 Å². The van der Waals surface area contributed by atoms with Crippen LogP contribution in [0.5, 0.6) is 11.5 Å². The van der Waals surface area contributed by atoms with E-state index in [4.69, 9.17) is 26.4 Å². The van der Waals surface area contributed by atoms with Gasteiger partial charge in [0.25, 0.3) is 5.91 Å². The van der Waals surface area contributed by atoms with Gasteiger partial charge in [0, 0.05) is 6.54 Å². The van der Waals surface area contributed by atoms with Gasteiger partial charge in [0.1, 0.15) is 10.9 Å². The number of thiocarbonyl (C=S) groups is 1. The molecule has 6 nitrogen and oxygen atoms in total. The molecule has 0 aromatic heterocycles. The van der Waals surface area contributed by atoms with E-state index in [1.165, 1.54) is 16.7 Å². The minimum absolute atomic E-state index is 0.113. The molecular formula is C25H27NO5S2. The van der Waals surface area contributed by atoms with Crippen molar-refractivity contribution < 1.29 is 23.8 Å². The van der Waals surface area contributed by atoms with E-state index >= 15 is 0 Å². The lowest BCUT2D eigenvalue weighted by molar-refractivity contribution is -0.143. The number of amides is 1. The lowest BCUT2D eigenvalue weighted by Crippen LogP contribution is -2.30. The zero-order valence-corrected chi connectivity index (χ0v) is 20.4. The maximum absolute atomic E-state index is 12.8. The summed E-state index contributed by atoms with van der Waals surface area (Å²) in [4.78, 5) is 26.5. The zero-order chi connectivity index (χ0) is 23.6. The molecule has 1 fully saturated rings. The summed E-state index contributed by atoms with van der Waals surface area (Å²) in [5, 5.41) is 0. The van der Waals surface area contributed by atoms with E-state index in [-0.39, 0.29) is 24.8 Å². The van der Waals surface area contributed by atoms with Gasteiger partial charge in [-0.15, -0.1) is 0 Å². The summed E-state index contributed by atoms with van der Waals surface area (Å²) in [5.41, 5.74) is 1.86. The first-order chi connectivity index (χ1) is 16.0. The first kappa shape index (κ1) is 24.8. The Morgan fingerprint density at radius 3 is 2.61 bits per heavy atom. The molecule has 0 saturated carbocycles. The molecule has 33 heavy (non-hydrogen) atoms. The van der Waals surface area contributed by atoms with Crippen LogP contribution < -0.4 is 9.47 Å². The first-order valence-corrected chi connectivity index (χ1v) is 12.1. The maximum atomic E-state index is 12.8. The summed E-state index contributed by atoms with van der Waals surface area (Å²) in [6.45, 7) is 5.34. The molecule has 2 aromatic carbocycles. The average molecular weight is 486 g/mol. The second-order valence-corrected chi connectivity index (χ2v) is 8.89. The molecule has 0 radical (unpaired) electrons. The zero-order valence-electron chi connectivity index (χ0n) is 18.7. The predicted molar refractivity (Wildman–Crippen MR) is 134 cm³/mol. The second-order valence-electron chi connectivity index (χ2n) is 7.22. The van der Waals surface area contributed by atoms with Crippen LogP contribution in [0.25, 0.3) is 6.08 Å². The van der Waals surface area contributed by atoms with Crippen molar-refractivity contribution in [1.29, 1.82) is 0 Å². The van der Waals surface area contributed by atoms with Crippen LogP contribution in [0.3, 0.4) is 0 Å². The Labute approximate surface area is 203 Å². The van der Waals surface area contributed by atoms with Gasteiger partial charge in [-0.1, -0.05) is 67.3 Å². The average Bonchev–Trinajstić information content (AvgIpc) is 3.08. The molecule has 0 aliphatic carbocycles. The molecule has 3 rings (SSSR count). The van der Waals surface area contributed by atoms with E-state index in [0.717, 1.165) is 17.5 Å². The normalized spacial score (nSPS) is 14.6. The third-order valence-electron chi connectivity index (χ3n) is 4.68. The van der Waals surface area contributed by atoms with Crippen molar-refractivity contribution in [2.45, 2.75) is 33.3 Å². The van der Waals surface area contributed by atoms with Crippen LogP contribution >= 0.6 is 24.0 Å². The molecule has 174 valence electrons. The van der Waals surface area contributed by atoms with Gasteiger partial charge >= 0.3 is 5.97 Å². The number of hydrogen-bond donors (Lipinski definition) is 0. The standard InChI is InChI=1S/C25H27NO5S2/c1-3-14-30-23(27)12-13-26-24(28)22(33-25(26)32)16-19-10-11-20(21(15-19)29-4-2)31-17-18-8-6-5-7-9-18/h5-11,15-16H,3-4,12-14,17H2,1-2H3/b22-16-. The Balaban J connectivity index is 1.68. The van der Waals surface area contributed by atoms with Crippen molar-refractivity contribution in [2.24, 2.45) is 0 Å². The molecule has 0 bridgehead atoms. The quantitative estimate of drug-likeness (QED) is 0.246. The Kier molecular flexibility index (Phi) is 9.33. The number of thioether (sulfide) groups is 1. The number of hydrogen-bond acceptors (Lipinski definition) is 7. The van der Waals surface area contributed by atoms with Crippen LogP contribution in [0.4, 0.5) is 0 Å². The van der Waals surface area contributed by atoms with Crippen LogP contribution in [0, 0.1) is 0 Å². The lowest BCUT2D eigenvalue weighted by Gasteiger charge is -2.14. The van der Waals surface area contributed by atoms with Crippen LogP contribution in [-0.2, 0) is 20.9 Å². The van der Waals surface area contributed by atoms with E-state index in [0.29, 0.717) is 40.5 Å². The van der Waals surface area contributed by atoms with Gasteiger partial charge in [-0.05, 0) is 42.7 Å². The Morgan fingerprint density at radius 1 is 1.09 bits per heavy atom. The van der Waals surface area contributed by atoms with Gasteiger partial charge in [-0.25, -0.2) is 0 Å². The third kappa shape index (κ3) is 7.07.